The van der Waals surface area contributed by atoms with Crippen LogP contribution in [-0.2, 0) is 14.3 Å². The lowest BCUT2D eigenvalue weighted by atomic mass is 9.86. The van der Waals surface area contributed by atoms with E-state index in [2.05, 4.69) is 16.6 Å². The lowest BCUT2D eigenvalue weighted by Gasteiger charge is -2.16. The standard InChI is InChI=1S/C11H14O3/c1-3-4-7-11(10(13)14-2)8-5-6-9(11)12/h3,5-6,8H2,1-2H3. The molecule has 0 bridgehead atoms. The summed E-state index contributed by atoms with van der Waals surface area (Å²) in [5.74, 6) is 4.98. The van der Waals surface area contributed by atoms with Crippen LogP contribution in [0, 0.1) is 17.3 Å². The maximum atomic E-state index is 11.6. The minimum Gasteiger partial charge on any atom is -0.468 e. The van der Waals surface area contributed by atoms with Gasteiger partial charge in [-0.3, -0.25) is 4.79 Å². The van der Waals surface area contributed by atoms with Gasteiger partial charge >= 0.3 is 5.97 Å². The van der Waals surface area contributed by atoms with Crippen molar-refractivity contribution >= 4 is 11.8 Å². The van der Waals surface area contributed by atoms with Crippen molar-refractivity contribution in [2.75, 3.05) is 7.11 Å². The Bertz CT molecular complexity index is 308. The third-order valence-electron chi connectivity index (χ3n) is 2.44. The Labute approximate surface area is 83.8 Å². The zero-order valence-corrected chi connectivity index (χ0v) is 8.55. The van der Waals surface area contributed by atoms with Crippen molar-refractivity contribution in [1.82, 2.24) is 0 Å². The molecule has 0 saturated heterocycles. The molecule has 0 heterocycles. The summed E-state index contributed by atoms with van der Waals surface area (Å²) in [6.45, 7) is 1.89. The van der Waals surface area contributed by atoms with Crippen LogP contribution in [0.1, 0.15) is 32.6 Å². The van der Waals surface area contributed by atoms with Gasteiger partial charge < -0.3 is 4.74 Å². The van der Waals surface area contributed by atoms with Crippen molar-refractivity contribution < 1.29 is 14.3 Å². The molecule has 0 aromatic carbocycles. The molecule has 0 aromatic rings. The Morgan fingerprint density at radius 2 is 2.36 bits per heavy atom. The monoisotopic (exact) mass is 194 g/mol. The van der Waals surface area contributed by atoms with Gasteiger partial charge in [0.1, 0.15) is 0 Å². The normalized spacial score (nSPS) is 25.4. The van der Waals surface area contributed by atoms with Gasteiger partial charge in [0.15, 0.2) is 11.2 Å². The summed E-state index contributed by atoms with van der Waals surface area (Å²) in [6, 6.07) is 0. The SMILES string of the molecule is CCC#CC1(C(=O)OC)CCCC1=O. The van der Waals surface area contributed by atoms with Gasteiger partial charge in [-0.05, 0) is 12.8 Å². The van der Waals surface area contributed by atoms with Crippen molar-refractivity contribution in [3.63, 3.8) is 0 Å². The van der Waals surface area contributed by atoms with Gasteiger partial charge in [-0.2, -0.15) is 0 Å². The zero-order valence-electron chi connectivity index (χ0n) is 8.55. The quantitative estimate of drug-likeness (QED) is 0.359. The van der Waals surface area contributed by atoms with Crippen LogP contribution >= 0.6 is 0 Å². The van der Waals surface area contributed by atoms with Crippen molar-refractivity contribution in [1.29, 1.82) is 0 Å². The molecule has 1 rings (SSSR count). The number of ether oxygens (including phenoxy) is 1. The molecule has 0 radical (unpaired) electrons. The van der Waals surface area contributed by atoms with Gasteiger partial charge in [-0.1, -0.05) is 12.8 Å². The first kappa shape index (κ1) is 10.8. The highest BCUT2D eigenvalue weighted by Gasteiger charge is 2.48. The highest BCUT2D eigenvalue weighted by atomic mass is 16.5. The van der Waals surface area contributed by atoms with Crippen LogP contribution in [0.25, 0.3) is 0 Å². The molecular formula is C11H14O3. The summed E-state index contributed by atoms with van der Waals surface area (Å²) < 4.78 is 4.64. The van der Waals surface area contributed by atoms with E-state index in [0.29, 0.717) is 19.3 Å². The first-order chi connectivity index (χ1) is 6.67. The highest BCUT2D eigenvalue weighted by molar-refractivity contribution is 6.08. The van der Waals surface area contributed by atoms with Gasteiger partial charge in [-0.25, -0.2) is 4.79 Å². The molecule has 3 nitrogen and oxygen atoms in total. The summed E-state index contributed by atoms with van der Waals surface area (Å²) in [5, 5.41) is 0. The third-order valence-corrected chi connectivity index (χ3v) is 2.44. The number of Topliss-reactive ketones (excluding diaryl/α,β-unsaturated/α-hetero) is 1. The molecule has 0 spiro atoms. The number of carbonyl (C=O) groups excluding carboxylic acids is 2. The molecule has 1 saturated carbocycles. The average Bonchev–Trinajstić information content (AvgIpc) is 2.57. The Kier molecular flexibility index (Phi) is 3.29. The lowest BCUT2D eigenvalue weighted by molar-refractivity contribution is -0.152. The summed E-state index contributed by atoms with van der Waals surface area (Å²) in [7, 11) is 1.29. The first-order valence-electron chi connectivity index (χ1n) is 4.79. The largest absolute Gasteiger partial charge is 0.468 e. The van der Waals surface area contributed by atoms with Crippen molar-refractivity contribution in [2.24, 2.45) is 5.41 Å². The number of ketones is 1. The molecule has 76 valence electrons. The predicted molar refractivity (Wildman–Crippen MR) is 51.4 cm³/mol. The molecule has 1 fully saturated rings. The number of hydrogen-bond donors (Lipinski definition) is 0. The summed E-state index contributed by atoms with van der Waals surface area (Å²) in [5.41, 5.74) is -1.15. The summed E-state index contributed by atoms with van der Waals surface area (Å²) in [4.78, 5) is 23.1. The fourth-order valence-electron chi connectivity index (χ4n) is 1.68. The molecule has 1 aliphatic rings. The van der Waals surface area contributed by atoms with Crippen LogP contribution in [0.2, 0.25) is 0 Å². The zero-order chi connectivity index (χ0) is 10.6. The molecule has 14 heavy (non-hydrogen) atoms. The van der Waals surface area contributed by atoms with E-state index in [9.17, 15) is 9.59 Å². The van der Waals surface area contributed by atoms with E-state index in [4.69, 9.17) is 0 Å². The van der Waals surface area contributed by atoms with Crippen LogP contribution < -0.4 is 0 Å². The molecule has 0 aromatic heterocycles. The smallest absolute Gasteiger partial charge is 0.331 e. The number of hydrogen-bond acceptors (Lipinski definition) is 3. The van der Waals surface area contributed by atoms with Crippen LogP contribution in [0.3, 0.4) is 0 Å². The van der Waals surface area contributed by atoms with Gasteiger partial charge in [0.05, 0.1) is 7.11 Å². The van der Waals surface area contributed by atoms with Crippen LogP contribution in [-0.4, -0.2) is 18.9 Å². The lowest BCUT2D eigenvalue weighted by Crippen LogP contribution is -2.34. The topological polar surface area (TPSA) is 43.4 Å². The molecule has 0 amide bonds. The van der Waals surface area contributed by atoms with Crippen LogP contribution in [0.5, 0.6) is 0 Å². The maximum Gasteiger partial charge on any atom is 0.331 e. The molecule has 0 N–H and O–H groups in total. The van der Waals surface area contributed by atoms with E-state index < -0.39 is 11.4 Å². The fourth-order valence-corrected chi connectivity index (χ4v) is 1.68. The maximum absolute atomic E-state index is 11.6. The van der Waals surface area contributed by atoms with E-state index >= 15 is 0 Å². The second-order valence-electron chi connectivity index (χ2n) is 3.33. The van der Waals surface area contributed by atoms with E-state index in [1.54, 1.807) is 0 Å². The van der Waals surface area contributed by atoms with Crippen LogP contribution in [0.15, 0.2) is 0 Å². The second kappa shape index (κ2) is 4.28. The average molecular weight is 194 g/mol. The Morgan fingerprint density at radius 1 is 1.64 bits per heavy atom. The molecular weight excluding hydrogens is 180 g/mol. The minimum absolute atomic E-state index is 0.0923. The fraction of sp³-hybridized carbons (Fsp3) is 0.636. The number of esters is 1. The Morgan fingerprint density at radius 3 is 2.79 bits per heavy atom. The summed E-state index contributed by atoms with van der Waals surface area (Å²) in [6.07, 6.45) is 2.32. The van der Waals surface area contributed by atoms with E-state index in [-0.39, 0.29) is 5.78 Å². The molecule has 1 unspecified atom stereocenters. The van der Waals surface area contributed by atoms with E-state index in [0.717, 1.165) is 6.42 Å². The molecule has 1 aliphatic carbocycles. The number of methoxy groups -OCH3 is 1. The molecule has 1 atom stereocenters. The van der Waals surface area contributed by atoms with E-state index in [1.807, 2.05) is 6.92 Å². The van der Waals surface area contributed by atoms with Gasteiger partial charge in [0.25, 0.3) is 0 Å². The number of carbonyl (C=O) groups is 2. The predicted octanol–water partition coefficient (Wildman–Crippen LogP) is 1.31. The van der Waals surface area contributed by atoms with Crippen molar-refractivity contribution in [3.05, 3.63) is 0 Å². The van der Waals surface area contributed by atoms with Gasteiger partial charge in [-0.15, -0.1) is 5.92 Å². The Hall–Kier alpha value is -1.30. The molecule has 0 aliphatic heterocycles. The highest BCUT2D eigenvalue weighted by Crippen LogP contribution is 2.35. The number of rotatable bonds is 1. The minimum atomic E-state index is -1.15. The molecule has 3 heteroatoms. The Balaban J connectivity index is 3.01. The first-order valence-corrected chi connectivity index (χ1v) is 4.79. The summed E-state index contributed by atoms with van der Waals surface area (Å²) >= 11 is 0. The van der Waals surface area contributed by atoms with Gasteiger partial charge in [0.2, 0.25) is 0 Å². The van der Waals surface area contributed by atoms with Crippen LogP contribution in [0.4, 0.5) is 0 Å². The van der Waals surface area contributed by atoms with Crippen molar-refractivity contribution in [3.8, 4) is 11.8 Å². The second-order valence-corrected chi connectivity index (χ2v) is 3.33. The van der Waals surface area contributed by atoms with Gasteiger partial charge in [0, 0.05) is 12.8 Å². The third kappa shape index (κ3) is 1.65. The van der Waals surface area contributed by atoms with E-state index in [1.165, 1.54) is 7.11 Å². The van der Waals surface area contributed by atoms with Crippen molar-refractivity contribution in [2.45, 2.75) is 32.6 Å².